The van der Waals surface area contributed by atoms with Crippen molar-refractivity contribution >= 4 is 27.5 Å². The van der Waals surface area contributed by atoms with E-state index in [1.165, 1.54) is 26.2 Å². The van der Waals surface area contributed by atoms with Crippen LogP contribution in [-0.2, 0) is 19.6 Å². The third-order valence-corrected chi connectivity index (χ3v) is 7.35. The molecule has 2 fully saturated rings. The van der Waals surface area contributed by atoms with Gasteiger partial charge >= 0.3 is 0 Å². The Kier molecular flexibility index (Phi) is 5.58. The SMILES string of the molecule is Cc1ccc(S(=O)(=O)N(C)C)cc1NC(=O)C1CC(=O)N(C2CCCC2)C1. The van der Waals surface area contributed by atoms with Crippen LogP contribution in [0.15, 0.2) is 23.1 Å². The fraction of sp³-hybridized carbons (Fsp3) is 0.579. The minimum absolute atomic E-state index is 0.0442. The standard InChI is InChI=1S/C19H27N3O4S/c1-13-8-9-16(27(25,26)21(2)3)11-17(13)20-19(24)14-10-18(23)22(12-14)15-6-4-5-7-15/h8-9,11,14-15H,4-7,10,12H2,1-3H3,(H,20,24). The predicted octanol–water partition coefficient (Wildman–Crippen LogP) is 1.97. The lowest BCUT2D eigenvalue weighted by atomic mass is 10.1. The number of anilines is 1. The summed E-state index contributed by atoms with van der Waals surface area (Å²) in [5.41, 5.74) is 1.24. The lowest BCUT2D eigenvalue weighted by molar-refractivity contribution is -0.129. The Morgan fingerprint density at radius 1 is 1.22 bits per heavy atom. The van der Waals surface area contributed by atoms with E-state index in [-0.39, 0.29) is 29.2 Å². The first-order chi connectivity index (χ1) is 12.7. The number of amides is 2. The van der Waals surface area contributed by atoms with Crippen molar-refractivity contribution < 1.29 is 18.0 Å². The molecule has 1 saturated carbocycles. The maximum absolute atomic E-state index is 12.7. The van der Waals surface area contributed by atoms with Crippen LogP contribution in [0, 0.1) is 12.8 Å². The Morgan fingerprint density at radius 3 is 2.52 bits per heavy atom. The van der Waals surface area contributed by atoms with Crippen LogP contribution in [0.1, 0.15) is 37.7 Å². The first-order valence-electron chi connectivity index (χ1n) is 9.33. The van der Waals surface area contributed by atoms with Crippen LogP contribution >= 0.6 is 0 Å². The maximum atomic E-state index is 12.7. The van der Waals surface area contributed by atoms with E-state index < -0.39 is 15.9 Å². The Labute approximate surface area is 160 Å². The van der Waals surface area contributed by atoms with Crippen molar-refractivity contribution in [2.75, 3.05) is 26.0 Å². The molecule has 1 aromatic rings. The van der Waals surface area contributed by atoms with Crippen molar-refractivity contribution in [3.05, 3.63) is 23.8 Å². The third kappa shape index (κ3) is 4.01. The Morgan fingerprint density at radius 2 is 1.89 bits per heavy atom. The molecule has 148 valence electrons. The molecule has 2 amide bonds. The minimum atomic E-state index is -3.58. The molecule has 1 aliphatic carbocycles. The topological polar surface area (TPSA) is 86.8 Å². The number of nitrogens with zero attached hydrogens (tertiary/aromatic N) is 2. The molecule has 1 heterocycles. The minimum Gasteiger partial charge on any atom is -0.339 e. The molecule has 1 N–H and O–H groups in total. The van der Waals surface area contributed by atoms with Gasteiger partial charge in [0.05, 0.1) is 10.8 Å². The van der Waals surface area contributed by atoms with Gasteiger partial charge in [0.15, 0.2) is 0 Å². The van der Waals surface area contributed by atoms with Crippen LogP contribution < -0.4 is 5.32 Å². The van der Waals surface area contributed by atoms with Crippen molar-refractivity contribution in [2.24, 2.45) is 5.92 Å². The van der Waals surface area contributed by atoms with Crippen LogP contribution in [0.5, 0.6) is 0 Å². The molecular formula is C19H27N3O4S. The molecule has 1 atom stereocenters. The molecule has 0 bridgehead atoms. The van der Waals surface area contributed by atoms with E-state index >= 15 is 0 Å². The molecule has 0 aromatic heterocycles. The number of rotatable bonds is 5. The molecule has 1 unspecified atom stereocenters. The van der Waals surface area contributed by atoms with E-state index in [1.807, 2.05) is 11.8 Å². The smallest absolute Gasteiger partial charge is 0.242 e. The van der Waals surface area contributed by atoms with E-state index in [4.69, 9.17) is 0 Å². The summed E-state index contributed by atoms with van der Waals surface area (Å²) in [6, 6.07) is 4.96. The van der Waals surface area contributed by atoms with Gasteiger partial charge in [-0.2, -0.15) is 0 Å². The number of benzene rings is 1. The molecule has 2 aliphatic rings. The van der Waals surface area contributed by atoms with Crippen LogP contribution in [0.4, 0.5) is 5.69 Å². The first-order valence-corrected chi connectivity index (χ1v) is 10.8. The van der Waals surface area contributed by atoms with Crippen LogP contribution in [0.2, 0.25) is 0 Å². The quantitative estimate of drug-likeness (QED) is 0.829. The van der Waals surface area contributed by atoms with Gasteiger partial charge in [-0.05, 0) is 37.5 Å². The number of carbonyl (C=O) groups is 2. The third-order valence-electron chi connectivity index (χ3n) is 5.54. The number of hydrogen-bond donors (Lipinski definition) is 1. The Bertz CT molecular complexity index is 845. The summed E-state index contributed by atoms with van der Waals surface area (Å²) in [5.74, 6) is -0.583. The summed E-state index contributed by atoms with van der Waals surface area (Å²) >= 11 is 0. The zero-order valence-corrected chi connectivity index (χ0v) is 16.9. The van der Waals surface area contributed by atoms with Gasteiger partial charge in [0.2, 0.25) is 21.8 Å². The second kappa shape index (κ2) is 7.59. The van der Waals surface area contributed by atoms with E-state index in [1.54, 1.807) is 6.07 Å². The molecule has 0 spiro atoms. The monoisotopic (exact) mass is 393 g/mol. The summed E-state index contributed by atoms with van der Waals surface area (Å²) in [7, 11) is -0.645. The van der Waals surface area contributed by atoms with Gasteiger partial charge in [-0.1, -0.05) is 18.9 Å². The van der Waals surface area contributed by atoms with Gasteiger partial charge in [-0.15, -0.1) is 0 Å². The van der Waals surface area contributed by atoms with Crippen LogP contribution in [0.3, 0.4) is 0 Å². The Balaban J connectivity index is 1.73. The van der Waals surface area contributed by atoms with Crippen LogP contribution in [-0.4, -0.2) is 56.1 Å². The van der Waals surface area contributed by atoms with Gasteiger partial charge in [0.25, 0.3) is 0 Å². The van der Waals surface area contributed by atoms with E-state index in [2.05, 4.69) is 5.32 Å². The second-order valence-electron chi connectivity index (χ2n) is 7.64. The maximum Gasteiger partial charge on any atom is 0.242 e. The summed E-state index contributed by atoms with van der Waals surface area (Å²) in [5, 5.41) is 2.83. The lowest BCUT2D eigenvalue weighted by Gasteiger charge is -2.24. The van der Waals surface area contributed by atoms with Crippen LogP contribution in [0.25, 0.3) is 0 Å². The fourth-order valence-corrected chi connectivity index (χ4v) is 4.75. The average Bonchev–Trinajstić information content (AvgIpc) is 3.25. The zero-order chi connectivity index (χ0) is 19.8. The van der Waals surface area contributed by atoms with Gasteiger partial charge in [0.1, 0.15) is 0 Å². The molecule has 7 nitrogen and oxygen atoms in total. The first kappa shape index (κ1) is 19.8. The Hall–Kier alpha value is -1.93. The van der Waals surface area contributed by atoms with Gasteiger partial charge < -0.3 is 10.2 Å². The lowest BCUT2D eigenvalue weighted by Crippen LogP contribution is -2.35. The number of aryl methyl sites for hydroxylation is 1. The molecular weight excluding hydrogens is 366 g/mol. The number of likely N-dealkylation sites (tertiary alicyclic amines) is 1. The highest BCUT2D eigenvalue weighted by molar-refractivity contribution is 7.89. The summed E-state index contributed by atoms with van der Waals surface area (Å²) in [6.07, 6.45) is 4.53. The zero-order valence-electron chi connectivity index (χ0n) is 16.1. The summed E-state index contributed by atoms with van der Waals surface area (Å²) < 4.78 is 25.8. The van der Waals surface area contributed by atoms with E-state index in [9.17, 15) is 18.0 Å². The van der Waals surface area contributed by atoms with Crippen molar-refractivity contribution in [2.45, 2.75) is 50.0 Å². The number of sulfonamides is 1. The highest BCUT2D eigenvalue weighted by atomic mass is 32.2. The number of carbonyl (C=O) groups excluding carboxylic acids is 2. The molecule has 8 heteroatoms. The average molecular weight is 394 g/mol. The van der Waals surface area contributed by atoms with E-state index in [0.717, 1.165) is 35.6 Å². The molecule has 27 heavy (non-hydrogen) atoms. The fourth-order valence-electron chi connectivity index (χ4n) is 3.82. The molecule has 0 radical (unpaired) electrons. The van der Waals surface area contributed by atoms with Gasteiger partial charge in [-0.25, -0.2) is 12.7 Å². The molecule has 1 aliphatic heterocycles. The van der Waals surface area contributed by atoms with Gasteiger partial charge in [0, 0.05) is 38.8 Å². The van der Waals surface area contributed by atoms with Crippen molar-refractivity contribution in [3.8, 4) is 0 Å². The highest BCUT2D eigenvalue weighted by Gasteiger charge is 2.38. The van der Waals surface area contributed by atoms with Crippen molar-refractivity contribution in [1.29, 1.82) is 0 Å². The molecule has 3 rings (SSSR count). The predicted molar refractivity (Wildman–Crippen MR) is 103 cm³/mol. The summed E-state index contributed by atoms with van der Waals surface area (Å²) in [4.78, 5) is 27.0. The molecule has 1 saturated heterocycles. The largest absolute Gasteiger partial charge is 0.339 e. The molecule has 1 aromatic carbocycles. The number of nitrogens with one attached hydrogen (secondary N) is 1. The normalized spacial score (nSPS) is 21.3. The second-order valence-corrected chi connectivity index (χ2v) is 9.79. The van der Waals surface area contributed by atoms with Gasteiger partial charge in [-0.3, -0.25) is 9.59 Å². The highest BCUT2D eigenvalue weighted by Crippen LogP contribution is 2.30. The number of hydrogen-bond acceptors (Lipinski definition) is 4. The van der Waals surface area contributed by atoms with E-state index in [0.29, 0.717) is 12.2 Å². The van der Waals surface area contributed by atoms with Crippen molar-refractivity contribution in [1.82, 2.24) is 9.21 Å². The summed E-state index contributed by atoms with van der Waals surface area (Å²) in [6.45, 7) is 2.26. The van der Waals surface area contributed by atoms with Crippen molar-refractivity contribution in [3.63, 3.8) is 0 Å².